The number of benzene rings is 1. The Hall–Kier alpha value is -2.69. The Labute approximate surface area is 146 Å². The number of aliphatic imine (C=N–C) groups is 1. The predicted molar refractivity (Wildman–Crippen MR) is 94.4 cm³/mol. The number of pyridine rings is 1. The highest BCUT2D eigenvalue weighted by atomic mass is 16.5. The van der Waals surface area contributed by atoms with Crippen LogP contribution in [0.5, 0.6) is 5.75 Å². The number of hydrogen-bond donors (Lipinski definition) is 0. The summed E-state index contributed by atoms with van der Waals surface area (Å²) in [5, 5.41) is 0. The van der Waals surface area contributed by atoms with Crippen molar-refractivity contribution in [2.45, 2.75) is 19.3 Å². The van der Waals surface area contributed by atoms with Gasteiger partial charge in [0, 0.05) is 17.5 Å². The van der Waals surface area contributed by atoms with E-state index in [4.69, 9.17) is 14.5 Å². The van der Waals surface area contributed by atoms with Crippen molar-refractivity contribution in [1.29, 1.82) is 0 Å². The summed E-state index contributed by atoms with van der Waals surface area (Å²) in [6.45, 7) is 4.31. The van der Waals surface area contributed by atoms with E-state index >= 15 is 0 Å². The number of methoxy groups -OCH3 is 1. The Balaban J connectivity index is 1.87. The molecule has 2 aliphatic rings. The maximum atomic E-state index is 12.6. The lowest BCUT2D eigenvalue weighted by atomic mass is 9.88. The number of aromatic nitrogens is 1. The van der Waals surface area contributed by atoms with Gasteiger partial charge in [0.2, 0.25) is 0 Å². The number of carbonyl (C=O) groups excluding carboxylic acids is 1. The molecule has 5 heteroatoms. The van der Waals surface area contributed by atoms with Gasteiger partial charge in [-0.3, -0.25) is 14.8 Å². The third-order valence-electron chi connectivity index (χ3n) is 5.30. The number of nitrogens with zero attached hydrogens (tertiary/aromatic N) is 2. The Morgan fingerprint density at radius 3 is 2.80 bits per heavy atom. The van der Waals surface area contributed by atoms with E-state index in [0.717, 1.165) is 28.4 Å². The van der Waals surface area contributed by atoms with Gasteiger partial charge in [-0.15, -0.1) is 0 Å². The van der Waals surface area contributed by atoms with E-state index < -0.39 is 0 Å². The molecular weight excluding hydrogens is 316 g/mol. The summed E-state index contributed by atoms with van der Waals surface area (Å²) >= 11 is 0. The summed E-state index contributed by atoms with van der Waals surface area (Å²) in [6.07, 6.45) is 1.75. The Morgan fingerprint density at radius 2 is 2.12 bits per heavy atom. The molecule has 128 valence electrons. The molecule has 1 saturated carbocycles. The van der Waals surface area contributed by atoms with Gasteiger partial charge in [-0.2, -0.15) is 0 Å². The van der Waals surface area contributed by atoms with Crippen molar-refractivity contribution < 1.29 is 14.3 Å². The maximum Gasteiger partial charge on any atom is 0.310 e. The molecule has 1 aromatic carbocycles. The van der Waals surface area contributed by atoms with Crippen LogP contribution in [0.2, 0.25) is 0 Å². The Bertz CT molecular complexity index is 862. The van der Waals surface area contributed by atoms with Gasteiger partial charge in [0.1, 0.15) is 5.75 Å². The summed E-state index contributed by atoms with van der Waals surface area (Å²) in [5.41, 5.74) is 3.23. The molecule has 0 N–H and O–H groups in total. The van der Waals surface area contributed by atoms with Gasteiger partial charge in [0.25, 0.3) is 0 Å². The Morgan fingerprint density at radius 1 is 1.28 bits per heavy atom. The van der Waals surface area contributed by atoms with Crippen molar-refractivity contribution in [1.82, 2.24) is 4.98 Å². The molecule has 5 nitrogen and oxygen atoms in total. The highest BCUT2D eigenvalue weighted by Gasteiger charge is 2.70. The second-order valence-corrected chi connectivity index (χ2v) is 6.59. The van der Waals surface area contributed by atoms with E-state index in [1.165, 1.54) is 0 Å². The molecule has 2 aromatic rings. The lowest BCUT2D eigenvalue weighted by Crippen LogP contribution is -2.18. The van der Waals surface area contributed by atoms with Crippen molar-refractivity contribution >= 4 is 17.4 Å². The first-order valence-electron chi connectivity index (χ1n) is 8.46. The first-order valence-corrected chi connectivity index (χ1v) is 8.46. The fraction of sp³-hybridized carbons (Fsp3) is 0.350. The fourth-order valence-corrected chi connectivity index (χ4v) is 4.00. The van der Waals surface area contributed by atoms with Gasteiger partial charge in [-0.25, -0.2) is 0 Å². The summed E-state index contributed by atoms with van der Waals surface area (Å²) in [5.74, 6) is 0.321. The molecule has 1 aliphatic carbocycles. The molecule has 1 aliphatic heterocycles. The van der Waals surface area contributed by atoms with Crippen LogP contribution in [0.25, 0.3) is 0 Å². The minimum absolute atomic E-state index is 0.0268. The second-order valence-electron chi connectivity index (χ2n) is 6.59. The Kier molecular flexibility index (Phi) is 3.60. The molecule has 4 rings (SSSR count). The molecular formula is C20H20N2O3. The van der Waals surface area contributed by atoms with Crippen molar-refractivity contribution in [3.63, 3.8) is 0 Å². The van der Waals surface area contributed by atoms with Gasteiger partial charge in [-0.1, -0.05) is 13.0 Å². The number of hydrogen-bond acceptors (Lipinski definition) is 5. The van der Waals surface area contributed by atoms with Crippen LogP contribution in [0.15, 0.2) is 47.6 Å². The maximum absolute atomic E-state index is 12.6. The lowest BCUT2D eigenvalue weighted by Gasteiger charge is -2.21. The number of ether oxygens (including phenoxy) is 2. The topological polar surface area (TPSA) is 60.8 Å². The van der Waals surface area contributed by atoms with Crippen molar-refractivity contribution in [2.75, 3.05) is 13.7 Å². The van der Waals surface area contributed by atoms with Crippen molar-refractivity contribution in [3.05, 3.63) is 53.9 Å². The molecule has 0 spiro atoms. The van der Waals surface area contributed by atoms with E-state index in [1.807, 2.05) is 43.3 Å². The molecule has 2 heterocycles. The third-order valence-corrected chi connectivity index (χ3v) is 5.30. The van der Waals surface area contributed by atoms with Crippen LogP contribution in [0.4, 0.5) is 5.69 Å². The largest absolute Gasteiger partial charge is 0.497 e. The van der Waals surface area contributed by atoms with E-state index in [0.29, 0.717) is 6.61 Å². The molecule has 0 radical (unpaired) electrons. The van der Waals surface area contributed by atoms with E-state index in [-0.39, 0.29) is 23.2 Å². The highest BCUT2D eigenvalue weighted by molar-refractivity contribution is 6.10. The lowest BCUT2D eigenvalue weighted by molar-refractivity contribution is -0.145. The number of fused-ring (bicyclic) bond motifs is 3. The normalized spacial score (nSPS) is 26.1. The molecule has 3 atom stereocenters. The number of rotatable bonds is 4. The van der Waals surface area contributed by atoms with Crippen molar-refractivity contribution in [2.24, 2.45) is 16.8 Å². The van der Waals surface area contributed by atoms with Crippen LogP contribution in [0.3, 0.4) is 0 Å². The predicted octanol–water partition coefficient (Wildman–Crippen LogP) is 3.29. The van der Waals surface area contributed by atoms with Gasteiger partial charge >= 0.3 is 5.97 Å². The zero-order chi connectivity index (χ0) is 17.6. The minimum Gasteiger partial charge on any atom is -0.497 e. The molecule has 25 heavy (non-hydrogen) atoms. The van der Waals surface area contributed by atoms with E-state index in [2.05, 4.69) is 11.9 Å². The highest BCUT2D eigenvalue weighted by Crippen LogP contribution is 2.65. The van der Waals surface area contributed by atoms with Gasteiger partial charge < -0.3 is 9.47 Å². The zero-order valence-corrected chi connectivity index (χ0v) is 14.5. The van der Waals surface area contributed by atoms with Gasteiger partial charge in [-0.05, 0) is 42.8 Å². The molecule has 1 fully saturated rings. The SMILES string of the molecule is CCOC(=O)[C@H]1C2C(c3ccccn3)=Nc3ccc(OC)cc3[C@@]21C. The van der Waals surface area contributed by atoms with Crippen LogP contribution in [0.1, 0.15) is 25.1 Å². The fourth-order valence-electron chi connectivity index (χ4n) is 4.00. The molecule has 0 amide bonds. The molecule has 1 unspecified atom stereocenters. The van der Waals surface area contributed by atoms with Crippen molar-refractivity contribution in [3.8, 4) is 5.75 Å². The van der Waals surface area contributed by atoms with Crippen LogP contribution in [-0.2, 0) is 14.9 Å². The summed E-state index contributed by atoms with van der Waals surface area (Å²) < 4.78 is 10.7. The monoisotopic (exact) mass is 336 g/mol. The van der Waals surface area contributed by atoms with E-state index in [1.54, 1.807) is 13.3 Å². The molecule has 0 saturated heterocycles. The molecule has 0 bridgehead atoms. The zero-order valence-electron chi connectivity index (χ0n) is 14.5. The van der Waals surface area contributed by atoms with Gasteiger partial charge in [0.15, 0.2) is 0 Å². The van der Waals surface area contributed by atoms with Crippen LogP contribution in [0, 0.1) is 11.8 Å². The second kappa shape index (κ2) is 5.69. The van der Waals surface area contributed by atoms with Gasteiger partial charge in [0.05, 0.1) is 36.7 Å². The first-order chi connectivity index (χ1) is 12.1. The molecule has 1 aromatic heterocycles. The van der Waals surface area contributed by atoms with E-state index in [9.17, 15) is 4.79 Å². The first kappa shape index (κ1) is 15.8. The smallest absolute Gasteiger partial charge is 0.310 e. The minimum atomic E-state index is -0.343. The average Bonchev–Trinajstić information content (AvgIpc) is 3.29. The number of esters is 1. The van der Waals surface area contributed by atoms with Crippen LogP contribution < -0.4 is 4.74 Å². The van der Waals surface area contributed by atoms with Crippen LogP contribution >= 0.6 is 0 Å². The quantitative estimate of drug-likeness (QED) is 0.804. The average molecular weight is 336 g/mol. The standard InChI is InChI=1S/C20H20N2O3/c1-4-25-19(23)17-16-18(15-7-5-6-10-21-15)22-14-9-8-12(24-3)11-13(14)20(16,17)2/h5-11,16-17H,4H2,1-3H3/t16?,17-,20+/m1/s1. The summed E-state index contributed by atoms with van der Waals surface area (Å²) in [6, 6.07) is 11.6. The summed E-state index contributed by atoms with van der Waals surface area (Å²) in [7, 11) is 1.64. The van der Waals surface area contributed by atoms with Crippen LogP contribution in [-0.4, -0.2) is 30.4 Å². The third kappa shape index (κ3) is 2.26. The number of carbonyl (C=O) groups is 1. The summed E-state index contributed by atoms with van der Waals surface area (Å²) in [4.78, 5) is 21.9.